The van der Waals surface area contributed by atoms with Crippen molar-refractivity contribution in [2.75, 3.05) is 18.4 Å². The van der Waals surface area contributed by atoms with Gasteiger partial charge in [-0.3, -0.25) is 4.90 Å². The Balaban J connectivity index is 2.19. The molecule has 0 aliphatic heterocycles. The van der Waals surface area contributed by atoms with E-state index in [1.54, 1.807) is 0 Å². The lowest BCUT2D eigenvalue weighted by atomic mass is 9.91. The summed E-state index contributed by atoms with van der Waals surface area (Å²) in [6.07, 6.45) is -0.897. The Morgan fingerprint density at radius 3 is 2.27 bits per heavy atom. The second-order valence-corrected chi connectivity index (χ2v) is 4.82. The van der Waals surface area contributed by atoms with Crippen LogP contribution >= 0.6 is 15.9 Å². The van der Waals surface area contributed by atoms with Gasteiger partial charge in [-0.1, -0.05) is 22.4 Å². The van der Waals surface area contributed by atoms with E-state index >= 15 is 0 Å². The highest BCUT2D eigenvalue weighted by Gasteiger charge is 2.28. The second kappa shape index (κ2) is 6.09. The molecule has 1 rings (SSSR count). The normalized spacial score (nSPS) is 18.2. The summed E-state index contributed by atoms with van der Waals surface area (Å²) in [7, 11) is 0. The molecule has 0 aromatic heterocycles. The minimum atomic E-state index is -4.00. The van der Waals surface area contributed by atoms with Crippen LogP contribution in [0, 0.1) is 0 Å². The molecule has 1 fully saturated rings. The molecule has 0 N–H and O–H groups in total. The topological polar surface area (TPSA) is 3.24 Å². The first-order chi connectivity index (χ1) is 7.03. The van der Waals surface area contributed by atoms with Crippen LogP contribution in [0.3, 0.4) is 0 Å². The molecule has 1 saturated carbocycles. The standard InChI is InChI=1S/C10H17BrF3N/c11-6-8-15(9-3-1-4-9)7-2-5-10(12,13)14/h9H,1-8H2. The monoisotopic (exact) mass is 287 g/mol. The van der Waals surface area contributed by atoms with Gasteiger partial charge in [0.15, 0.2) is 0 Å². The summed E-state index contributed by atoms with van der Waals surface area (Å²) >= 11 is 3.34. The Morgan fingerprint density at radius 1 is 1.20 bits per heavy atom. The van der Waals surface area contributed by atoms with E-state index in [4.69, 9.17) is 0 Å². The second-order valence-electron chi connectivity index (χ2n) is 4.03. The van der Waals surface area contributed by atoms with Crippen molar-refractivity contribution in [1.82, 2.24) is 4.90 Å². The van der Waals surface area contributed by atoms with Crippen molar-refractivity contribution in [3.8, 4) is 0 Å². The van der Waals surface area contributed by atoms with Crippen molar-refractivity contribution < 1.29 is 13.2 Å². The predicted octanol–water partition coefficient (Wildman–Crippen LogP) is 3.58. The summed E-state index contributed by atoms with van der Waals surface area (Å²) in [6, 6.07) is 0.538. The van der Waals surface area contributed by atoms with Gasteiger partial charge in [0.05, 0.1) is 0 Å². The molecule has 0 bridgehead atoms. The highest BCUT2D eigenvalue weighted by atomic mass is 79.9. The fraction of sp³-hybridized carbons (Fsp3) is 1.00. The molecule has 0 spiro atoms. The van der Waals surface area contributed by atoms with Crippen LogP contribution in [0.4, 0.5) is 13.2 Å². The quantitative estimate of drug-likeness (QED) is 0.675. The van der Waals surface area contributed by atoms with Gasteiger partial charge in [0.2, 0.25) is 0 Å². The molecule has 1 nitrogen and oxygen atoms in total. The van der Waals surface area contributed by atoms with Crippen molar-refractivity contribution in [3.63, 3.8) is 0 Å². The predicted molar refractivity (Wildman–Crippen MR) is 58.3 cm³/mol. The third-order valence-electron chi connectivity index (χ3n) is 2.87. The number of hydrogen-bond donors (Lipinski definition) is 0. The molecule has 0 unspecified atom stereocenters. The van der Waals surface area contributed by atoms with E-state index in [9.17, 15) is 13.2 Å². The molecule has 1 aliphatic rings. The van der Waals surface area contributed by atoms with Crippen molar-refractivity contribution >= 4 is 15.9 Å². The summed E-state index contributed by atoms with van der Waals surface area (Å²) in [5, 5.41) is 0.843. The third kappa shape index (κ3) is 5.20. The zero-order valence-corrected chi connectivity index (χ0v) is 10.3. The zero-order chi connectivity index (χ0) is 11.3. The van der Waals surface area contributed by atoms with E-state index in [2.05, 4.69) is 20.8 Å². The summed E-state index contributed by atoms with van der Waals surface area (Å²) < 4.78 is 35.9. The Labute approximate surface area is 97.1 Å². The van der Waals surface area contributed by atoms with Gasteiger partial charge in [-0.25, -0.2) is 0 Å². The molecule has 0 aromatic carbocycles. The van der Waals surface area contributed by atoms with Gasteiger partial charge in [-0.05, 0) is 25.8 Å². The van der Waals surface area contributed by atoms with Crippen LogP contribution in [-0.4, -0.2) is 35.5 Å². The number of hydrogen-bond acceptors (Lipinski definition) is 1. The lowest BCUT2D eigenvalue weighted by Gasteiger charge is -2.37. The third-order valence-corrected chi connectivity index (χ3v) is 3.22. The van der Waals surface area contributed by atoms with E-state index in [-0.39, 0.29) is 6.42 Å². The number of halogens is 4. The van der Waals surface area contributed by atoms with Crippen LogP contribution in [0.15, 0.2) is 0 Å². The maximum absolute atomic E-state index is 12.0. The van der Waals surface area contributed by atoms with Crippen molar-refractivity contribution in [2.24, 2.45) is 0 Å². The smallest absolute Gasteiger partial charge is 0.300 e. The molecule has 5 heteroatoms. The SMILES string of the molecule is FC(F)(F)CCCN(CCBr)C1CCC1. The largest absolute Gasteiger partial charge is 0.389 e. The average Bonchev–Trinajstić information content (AvgIpc) is 1.98. The van der Waals surface area contributed by atoms with E-state index < -0.39 is 12.6 Å². The van der Waals surface area contributed by atoms with Crippen LogP contribution in [0.2, 0.25) is 0 Å². The number of rotatable bonds is 6. The minimum Gasteiger partial charge on any atom is -0.300 e. The highest BCUT2D eigenvalue weighted by Crippen LogP contribution is 2.26. The molecule has 0 saturated heterocycles. The summed E-state index contributed by atoms with van der Waals surface area (Å²) in [6.45, 7) is 1.44. The summed E-state index contributed by atoms with van der Waals surface area (Å²) in [5.41, 5.74) is 0. The molecule has 0 aromatic rings. The first-order valence-corrected chi connectivity index (χ1v) is 6.52. The fourth-order valence-electron chi connectivity index (χ4n) is 1.82. The summed E-state index contributed by atoms with van der Waals surface area (Å²) in [5.74, 6) is 0. The zero-order valence-electron chi connectivity index (χ0n) is 8.69. The van der Waals surface area contributed by atoms with Crippen molar-refractivity contribution in [1.29, 1.82) is 0 Å². The van der Waals surface area contributed by atoms with Crippen LogP contribution in [0.5, 0.6) is 0 Å². The molecule has 1 aliphatic carbocycles. The van der Waals surface area contributed by atoms with Gasteiger partial charge >= 0.3 is 6.18 Å². The van der Waals surface area contributed by atoms with Crippen LogP contribution in [0.25, 0.3) is 0 Å². The van der Waals surface area contributed by atoms with E-state index in [1.165, 1.54) is 6.42 Å². The molecule has 0 heterocycles. The van der Waals surface area contributed by atoms with Gasteiger partial charge in [0.25, 0.3) is 0 Å². The molecule has 0 atom stereocenters. The van der Waals surface area contributed by atoms with Crippen molar-refractivity contribution in [3.05, 3.63) is 0 Å². The maximum atomic E-state index is 12.0. The Kier molecular flexibility index (Phi) is 5.39. The minimum absolute atomic E-state index is 0.229. The first-order valence-electron chi connectivity index (χ1n) is 5.39. The number of alkyl halides is 4. The first kappa shape index (κ1) is 13.3. The van der Waals surface area contributed by atoms with E-state index in [1.807, 2.05) is 0 Å². The molecule has 15 heavy (non-hydrogen) atoms. The molecule has 90 valence electrons. The maximum Gasteiger partial charge on any atom is 0.389 e. The average molecular weight is 288 g/mol. The Hall–Kier alpha value is 0.230. The van der Waals surface area contributed by atoms with Crippen molar-refractivity contribution in [2.45, 2.75) is 44.3 Å². The lowest BCUT2D eigenvalue weighted by molar-refractivity contribution is -0.136. The van der Waals surface area contributed by atoms with Gasteiger partial charge < -0.3 is 0 Å². The lowest BCUT2D eigenvalue weighted by Crippen LogP contribution is -2.42. The highest BCUT2D eigenvalue weighted by molar-refractivity contribution is 9.09. The molecular formula is C10H17BrF3N. The van der Waals surface area contributed by atoms with Crippen LogP contribution < -0.4 is 0 Å². The number of nitrogens with zero attached hydrogens (tertiary/aromatic N) is 1. The molecule has 0 radical (unpaired) electrons. The van der Waals surface area contributed by atoms with E-state index in [0.717, 1.165) is 24.7 Å². The van der Waals surface area contributed by atoms with Crippen LogP contribution in [0.1, 0.15) is 32.1 Å². The Bertz CT molecular complexity index is 180. The van der Waals surface area contributed by atoms with Gasteiger partial charge in [0, 0.05) is 24.3 Å². The molecular weight excluding hydrogens is 271 g/mol. The van der Waals surface area contributed by atoms with Crippen LogP contribution in [-0.2, 0) is 0 Å². The fourth-order valence-corrected chi connectivity index (χ4v) is 2.28. The Morgan fingerprint density at radius 2 is 1.87 bits per heavy atom. The van der Waals surface area contributed by atoms with Gasteiger partial charge in [-0.15, -0.1) is 0 Å². The van der Waals surface area contributed by atoms with Gasteiger partial charge in [-0.2, -0.15) is 13.2 Å². The van der Waals surface area contributed by atoms with E-state index in [0.29, 0.717) is 12.6 Å². The summed E-state index contributed by atoms with van der Waals surface area (Å²) in [4.78, 5) is 2.18. The molecule has 0 amide bonds. The van der Waals surface area contributed by atoms with Gasteiger partial charge in [0.1, 0.15) is 0 Å².